The van der Waals surface area contributed by atoms with Crippen LogP contribution in [0.25, 0.3) is 0 Å². The molecule has 1 unspecified atom stereocenters. The summed E-state index contributed by atoms with van der Waals surface area (Å²) in [6.07, 6.45) is -1.23. The molecule has 0 saturated carbocycles. The first-order chi connectivity index (χ1) is 8.70. The monoisotopic (exact) mass is 289 g/mol. The summed E-state index contributed by atoms with van der Waals surface area (Å²) in [5.74, 6) is -0.710. The lowest BCUT2D eigenvalue weighted by molar-refractivity contribution is 0.0445. The summed E-state index contributed by atoms with van der Waals surface area (Å²) in [7, 11) is 0. The number of amides is 1. The molecule has 0 bridgehead atoms. The van der Waals surface area contributed by atoms with Gasteiger partial charge < -0.3 is 10.2 Å². The van der Waals surface area contributed by atoms with Gasteiger partial charge in [-0.25, -0.2) is 9.18 Å². The average molecular weight is 290 g/mol. The van der Waals surface area contributed by atoms with E-state index in [9.17, 15) is 19.4 Å². The Labute approximate surface area is 116 Å². The normalized spacial score (nSPS) is 13.2. The largest absolute Gasteiger partial charge is 0.465 e. The smallest absolute Gasteiger partial charge is 0.408 e. The Morgan fingerprint density at radius 3 is 2.47 bits per heavy atom. The first-order valence-corrected chi connectivity index (χ1v) is 6.15. The van der Waals surface area contributed by atoms with Crippen molar-refractivity contribution in [1.82, 2.24) is 4.90 Å². The van der Waals surface area contributed by atoms with Gasteiger partial charge in [-0.1, -0.05) is 23.7 Å². The molecule has 2 N–H and O–H groups in total. The van der Waals surface area contributed by atoms with Crippen molar-refractivity contribution in [2.45, 2.75) is 32.4 Å². The van der Waals surface area contributed by atoms with Crippen LogP contribution in [-0.4, -0.2) is 33.4 Å². The molecule has 19 heavy (non-hydrogen) atoms. The molecule has 6 heteroatoms. The zero-order valence-corrected chi connectivity index (χ0v) is 11.8. The predicted octanol–water partition coefficient (Wildman–Crippen LogP) is 3.29. The number of nitrogens with zero attached hydrogens (tertiary/aromatic N) is 1. The van der Waals surface area contributed by atoms with Gasteiger partial charge in [-0.05, 0) is 26.8 Å². The molecule has 4 nitrogen and oxygen atoms in total. The molecule has 1 aromatic rings. The quantitative estimate of drug-likeness (QED) is 0.897. The van der Waals surface area contributed by atoms with E-state index < -0.39 is 30.1 Å². The highest BCUT2D eigenvalue weighted by Crippen LogP contribution is 2.31. The van der Waals surface area contributed by atoms with Crippen LogP contribution < -0.4 is 0 Å². The molecule has 1 atom stereocenters. The molecule has 0 spiro atoms. The Morgan fingerprint density at radius 2 is 2.05 bits per heavy atom. The number of carboxylic acid groups (broad SMARTS) is 1. The van der Waals surface area contributed by atoms with Gasteiger partial charge in [-0.3, -0.25) is 4.90 Å². The van der Waals surface area contributed by atoms with E-state index >= 15 is 0 Å². The van der Waals surface area contributed by atoms with Crippen LogP contribution in [0.1, 0.15) is 32.4 Å². The minimum absolute atomic E-state index is 0.0623. The number of hydrogen-bond donors (Lipinski definition) is 2. The number of rotatable bonds is 3. The zero-order valence-electron chi connectivity index (χ0n) is 11.0. The second-order valence-corrected chi connectivity index (χ2v) is 5.57. The molecule has 0 aliphatic heterocycles. The van der Waals surface area contributed by atoms with Crippen LogP contribution in [0.3, 0.4) is 0 Å². The maximum atomic E-state index is 14.0. The van der Waals surface area contributed by atoms with Crippen LogP contribution in [0.5, 0.6) is 0 Å². The maximum absolute atomic E-state index is 14.0. The number of carbonyl (C=O) groups is 1. The minimum atomic E-state index is -1.23. The fourth-order valence-corrected chi connectivity index (χ4v) is 2.17. The second-order valence-electron chi connectivity index (χ2n) is 5.16. The SMILES string of the molecule is CC(C)(C)N(C(=O)O)C(CO)c1cccc(Cl)c1F. The van der Waals surface area contributed by atoms with Crippen LogP contribution in [0.2, 0.25) is 5.02 Å². The lowest BCUT2D eigenvalue weighted by atomic mass is 9.98. The number of halogens is 2. The van der Waals surface area contributed by atoms with Gasteiger partial charge in [0.2, 0.25) is 0 Å². The summed E-state index contributed by atoms with van der Waals surface area (Å²) < 4.78 is 14.0. The summed E-state index contributed by atoms with van der Waals surface area (Å²) in [6.45, 7) is 4.49. The fourth-order valence-electron chi connectivity index (χ4n) is 1.98. The van der Waals surface area contributed by atoms with Gasteiger partial charge in [0.05, 0.1) is 17.7 Å². The Hall–Kier alpha value is -1.33. The van der Waals surface area contributed by atoms with E-state index in [2.05, 4.69) is 0 Å². The molecule has 1 aromatic carbocycles. The van der Waals surface area contributed by atoms with Crippen molar-refractivity contribution >= 4 is 17.7 Å². The molecule has 1 rings (SSSR count). The van der Waals surface area contributed by atoms with Crippen LogP contribution in [0.4, 0.5) is 9.18 Å². The third-order valence-corrected chi connectivity index (χ3v) is 3.05. The topological polar surface area (TPSA) is 60.8 Å². The summed E-state index contributed by atoms with van der Waals surface area (Å²) >= 11 is 5.69. The fraction of sp³-hybridized carbons (Fsp3) is 0.462. The van der Waals surface area contributed by atoms with Gasteiger partial charge in [-0.15, -0.1) is 0 Å². The number of benzene rings is 1. The summed E-state index contributed by atoms with van der Waals surface area (Å²) in [6, 6.07) is 3.31. The molecule has 0 saturated heterocycles. The van der Waals surface area contributed by atoms with E-state index in [0.717, 1.165) is 4.90 Å². The molecule has 0 aliphatic carbocycles. The van der Waals surface area contributed by atoms with Crippen molar-refractivity contribution in [3.05, 3.63) is 34.6 Å². The maximum Gasteiger partial charge on any atom is 0.408 e. The predicted molar refractivity (Wildman–Crippen MR) is 70.9 cm³/mol. The van der Waals surface area contributed by atoms with Crippen molar-refractivity contribution in [2.75, 3.05) is 6.61 Å². The highest BCUT2D eigenvalue weighted by molar-refractivity contribution is 6.30. The second kappa shape index (κ2) is 5.75. The molecular formula is C13H17ClFNO3. The van der Waals surface area contributed by atoms with Gasteiger partial charge in [0, 0.05) is 11.1 Å². The molecule has 106 valence electrons. The van der Waals surface area contributed by atoms with Crippen molar-refractivity contribution < 1.29 is 19.4 Å². The van der Waals surface area contributed by atoms with Crippen LogP contribution in [-0.2, 0) is 0 Å². The number of aliphatic hydroxyl groups is 1. The van der Waals surface area contributed by atoms with E-state index in [0.29, 0.717) is 0 Å². The van der Waals surface area contributed by atoms with Gasteiger partial charge in [0.1, 0.15) is 5.82 Å². The summed E-state index contributed by atoms with van der Waals surface area (Å²) in [4.78, 5) is 12.4. The highest BCUT2D eigenvalue weighted by atomic mass is 35.5. The van der Waals surface area contributed by atoms with Crippen molar-refractivity contribution in [1.29, 1.82) is 0 Å². The molecular weight excluding hydrogens is 273 g/mol. The first-order valence-electron chi connectivity index (χ1n) is 5.77. The standard InChI is InChI=1S/C13H17ClFNO3/c1-13(2,3)16(12(18)19)10(7-17)8-5-4-6-9(14)11(8)15/h4-6,10,17H,7H2,1-3H3,(H,18,19). The van der Waals surface area contributed by atoms with E-state index in [4.69, 9.17) is 11.6 Å². The van der Waals surface area contributed by atoms with Gasteiger partial charge in [0.15, 0.2) is 0 Å². The van der Waals surface area contributed by atoms with Gasteiger partial charge in [0.25, 0.3) is 0 Å². The molecule has 0 fully saturated rings. The molecule has 0 aromatic heterocycles. The Bertz CT molecular complexity index is 473. The first kappa shape index (κ1) is 15.7. The minimum Gasteiger partial charge on any atom is -0.465 e. The van der Waals surface area contributed by atoms with Crippen molar-refractivity contribution in [3.8, 4) is 0 Å². The van der Waals surface area contributed by atoms with Crippen molar-refractivity contribution in [2.24, 2.45) is 0 Å². The summed E-state index contributed by atoms with van der Waals surface area (Å²) in [5, 5.41) is 18.7. The highest BCUT2D eigenvalue weighted by Gasteiger charge is 2.35. The third kappa shape index (κ3) is 3.36. The Balaban J connectivity index is 3.32. The summed E-state index contributed by atoms with van der Waals surface area (Å²) in [5.41, 5.74) is -0.721. The molecule has 0 heterocycles. The lowest BCUT2D eigenvalue weighted by Crippen LogP contribution is -2.48. The lowest BCUT2D eigenvalue weighted by Gasteiger charge is -2.39. The molecule has 0 radical (unpaired) electrons. The van der Waals surface area contributed by atoms with Crippen LogP contribution in [0.15, 0.2) is 18.2 Å². The Morgan fingerprint density at radius 1 is 1.47 bits per heavy atom. The van der Waals surface area contributed by atoms with Crippen molar-refractivity contribution in [3.63, 3.8) is 0 Å². The van der Waals surface area contributed by atoms with Crippen LogP contribution in [0, 0.1) is 5.82 Å². The zero-order chi connectivity index (χ0) is 14.8. The van der Waals surface area contributed by atoms with E-state index in [-0.39, 0.29) is 10.6 Å². The van der Waals surface area contributed by atoms with E-state index in [1.165, 1.54) is 18.2 Å². The number of hydrogen-bond acceptors (Lipinski definition) is 2. The van der Waals surface area contributed by atoms with Crippen LogP contribution >= 0.6 is 11.6 Å². The molecule has 0 aliphatic rings. The number of aliphatic hydroxyl groups excluding tert-OH is 1. The Kier molecular flexibility index (Phi) is 4.76. The van der Waals surface area contributed by atoms with E-state index in [1.807, 2.05) is 0 Å². The van der Waals surface area contributed by atoms with Gasteiger partial charge >= 0.3 is 6.09 Å². The molecule has 1 amide bonds. The average Bonchev–Trinajstić information content (AvgIpc) is 2.27. The van der Waals surface area contributed by atoms with E-state index in [1.54, 1.807) is 20.8 Å². The third-order valence-electron chi connectivity index (χ3n) is 2.75. The van der Waals surface area contributed by atoms with Gasteiger partial charge in [-0.2, -0.15) is 0 Å².